The van der Waals surface area contributed by atoms with Gasteiger partial charge in [0, 0.05) is 17.3 Å². The van der Waals surface area contributed by atoms with Crippen molar-refractivity contribution < 1.29 is 19.1 Å². The maximum Gasteiger partial charge on any atom is 0.336 e. The van der Waals surface area contributed by atoms with Crippen LogP contribution in [0.1, 0.15) is 21.7 Å². The van der Waals surface area contributed by atoms with Crippen LogP contribution < -0.4 is 5.32 Å². The summed E-state index contributed by atoms with van der Waals surface area (Å²) in [5, 5.41) is 11.8. The molecule has 1 heterocycles. The fourth-order valence-corrected chi connectivity index (χ4v) is 2.53. The number of carboxylic acid groups (broad SMARTS) is 1. The zero-order valence-electron chi connectivity index (χ0n) is 14.1. The van der Waals surface area contributed by atoms with Gasteiger partial charge in [-0.25, -0.2) is 4.79 Å². The summed E-state index contributed by atoms with van der Waals surface area (Å²) in [6.07, 6.45) is 2.92. The van der Waals surface area contributed by atoms with E-state index >= 15 is 0 Å². The largest absolute Gasteiger partial charge is 0.478 e. The summed E-state index contributed by atoms with van der Waals surface area (Å²) in [5.74, 6) is -0.128. The van der Waals surface area contributed by atoms with Gasteiger partial charge in [-0.1, -0.05) is 36.4 Å². The van der Waals surface area contributed by atoms with Crippen molar-refractivity contribution in [2.75, 3.05) is 5.32 Å². The van der Waals surface area contributed by atoms with Crippen molar-refractivity contribution in [3.8, 4) is 11.3 Å². The van der Waals surface area contributed by atoms with Crippen molar-refractivity contribution in [1.29, 1.82) is 0 Å². The monoisotopic (exact) mass is 347 g/mol. The maximum absolute atomic E-state index is 12.1. The average molecular weight is 347 g/mol. The minimum absolute atomic E-state index is 0.158. The molecule has 3 rings (SSSR count). The molecule has 3 aromatic rings. The minimum Gasteiger partial charge on any atom is -0.478 e. The Morgan fingerprint density at radius 3 is 2.50 bits per heavy atom. The van der Waals surface area contributed by atoms with Gasteiger partial charge in [0.05, 0.1) is 5.56 Å². The van der Waals surface area contributed by atoms with Crippen LogP contribution in [0.15, 0.2) is 71.2 Å². The number of hydrogen-bond acceptors (Lipinski definition) is 3. The summed E-state index contributed by atoms with van der Waals surface area (Å²) in [6, 6.07) is 18.0. The van der Waals surface area contributed by atoms with E-state index in [1.54, 1.807) is 31.2 Å². The molecular weight excluding hydrogens is 330 g/mol. The van der Waals surface area contributed by atoms with Crippen LogP contribution in [-0.4, -0.2) is 17.0 Å². The molecule has 0 aliphatic carbocycles. The van der Waals surface area contributed by atoms with Gasteiger partial charge in [0.15, 0.2) is 0 Å². The van der Waals surface area contributed by atoms with E-state index in [1.165, 1.54) is 12.1 Å². The first-order valence-electron chi connectivity index (χ1n) is 8.02. The highest BCUT2D eigenvalue weighted by Crippen LogP contribution is 2.22. The summed E-state index contributed by atoms with van der Waals surface area (Å²) >= 11 is 0. The number of rotatable bonds is 5. The van der Waals surface area contributed by atoms with Gasteiger partial charge in [-0.15, -0.1) is 0 Å². The number of aromatic carboxylic acids is 1. The van der Waals surface area contributed by atoms with E-state index in [-0.39, 0.29) is 11.5 Å². The van der Waals surface area contributed by atoms with Crippen molar-refractivity contribution >= 4 is 23.6 Å². The number of carboxylic acids is 1. The number of benzene rings is 2. The smallest absolute Gasteiger partial charge is 0.336 e. The number of furan rings is 1. The first-order chi connectivity index (χ1) is 12.5. The van der Waals surface area contributed by atoms with Gasteiger partial charge in [-0.2, -0.15) is 0 Å². The van der Waals surface area contributed by atoms with Gasteiger partial charge in [0.25, 0.3) is 0 Å². The van der Waals surface area contributed by atoms with Crippen molar-refractivity contribution in [2.45, 2.75) is 6.92 Å². The second-order valence-electron chi connectivity index (χ2n) is 5.67. The molecule has 5 heteroatoms. The van der Waals surface area contributed by atoms with Crippen molar-refractivity contribution in [3.63, 3.8) is 0 Å². The molecule has 0 aliphatic heterocycles. The summed E-state index contributed by atoms with van der Waals surface area (Å²) in [6.45, 7) is 1.65. The predicted molar refractivity (Wildman–Crippen MR) is 99.9 cm³/mol. The van der Waals surface area contributed by atoms with E-state index in [4.69, 9.17) is 9.52 Å². The third kappa shape index (κ3) is 3.89. The Bertz CT molecular complexity index is 971. The number of anilines is 1. The van der Waals surface area contributed by atoms with E-state index in [9.17, 15) is 9.59 Å². The topological polar surface area (TPSA) is 79.5 Å². The van der Waals surface area contributed by atoms with Gasteiger partial charge < -0.3 is 14.8 Å². The quantitative estimate of drug-likeness (QED) is 0.661. The summed E-state index contributed by atoms with van der Waals surface area (Å²) < 4.78 is 5.70. The van der Waals surface area contributed by atoms with Crippen LogP contribution in [-0.2, 0) is 4.79 Å². The Morgan fingerprint density at radius 2 is 1.77 bits per heavy atom. The first kappa shape index (κ1) is 17.2. The number of hydrogen-bond donors (Lipinski definition) is 2. The Kier molecular flexibility index (Phi) is 4.99. The standard InChI is InChI=1S/C21H17NO4/c1-14-17(21(24)25)8-5-9-18(14)22-20(23)13-11-16-10-12-19(26-16)15-6-3-2-4-7-15/h2-13H,1H3,(H,22,23)(H,24,25)/b13-11+. The molecule has 1 aromatic heterocycles. The molecule has 130 valence electrons. The molecule has 0 unspecified atom stereocenters. The maximum atomic E-state index is 12.1. The first-order valence-corrected chi connectivity index (χ1v) is 8.02. The van der Waals surface area contributed by atoms with Gasteiger partial charge in [-0.3, -0.25) is 4.79 Å². The highest BCUT2D eigenvalue weighted by molar-refractivity contribution is 6.03. The fraction of sp³-hybridized carbons (Fsp3) is 0.0476. The lowest BCUT2D eigenvalue weighted by Gasteiger charge is -2.08. The highest BCUT2D eigenvalue weighted by atomic mass is 16.4. The van der Waals surface area contributed by atoms with E-state index in [0.717, 1.165) is 11.3 Å². The number of amides is 1. The van der Waals surface area contributed by atoms with Gasteiger partial charge in [0.1, 0.15) is 11.5 Å². The third-order valence-electron chi connectivity index (χ3n) is 3.91. The summed E-state index contributed by atoms with van der Waals surface area (Å²) in [7, 11) is 0. The highest BCUT2D eigenvalue weighted by Gasteiger charge is 2.11. The molecule has 0 spiro atoms. The van der Waals surface area contributed by atoms with Crippen LogP contribution in [0.4, 0.5) is 5.69 Å². The van der Waals surface area contributed by atoms with Gasteiger partial charge >= 0.3 is 5.97 Å². The fourth-order valence-electron chi connectivity index (χ4n) is 2.53. The van der Waals surface area contributed by atoms with Crippen LogP contribution in [0, 0.1) is 6.92 Å². The molecule has 26 heavy (non-hydrogen) atoms. The average Bonchev–Trinajstić information content (AvgIpc) is 3.11. The van der Waals surface area contributed by atoms with E-state index < -0.39 is 5.97 Å². The van der Waals surface area contributed by atoms with E-state index in [1.807, 2.05) is 36.4 Å². The Labute approximate surface area is 150 Å². The molecule has 0 bridgehead atoms. The second-order valence-corrected chi connectivity index (χ2v) is 5.67. The van der Waals surface area contributed by atoms with Crippen LogP contribution in [0.5, 0.6) is 0 Å². The lowest BCUT2D eigenvalue weighted by molar-refractivity contribution is -0.111. The zero-order valence-corrected chi connectivity index (χ0v) is 14.1. The SMILES string of the molecule is Cc1c(NC(=O)/C=C/c2ccc(-c3ccccc3)o2)cccc1C(=O)O. The Morgan fingerprint density at radius 1 is 1.00 bits per heavy atom. The minimum atomic E-state index is -1.03. The van der Waals surface area contributed by atoms with Crippen LogP contribution in [0.2, 0.25) is 0 Å². The molecule has 0 radical (unpaired) electrons. The number of carbonyl (C=O) groups is 2. The molecule has 0 fully saturated rings. The van der Waals surface area contributed by atoms with Crippen molar-refractivity contribution in [1.82, 2.24) is 0 Å². The Hall–Kier alpha value is -3.60. The van der Waals surface area contributed by atoms with Crippen molar-refractivity contribution in [3.05, 3.63) is 83.6 Å². The summed E-state index contributed by atoms with van der Waals surface area (Å²) in [5.41, 5.74) is 2.08. The second kappa shape index (κ2) is 7.53. The molecule has 2 aromatic carbocycles. The molecule has 1 amide bonds. The van der Waals surface area contributed by atoms with E-state index in [2.05, 4.69) is 5.32 Å². The van der Waals surface area contributed by atoms with Crippen LogP contribution >= 0.6 is 0 Å². The van der Waals surface area contributed by atoms with E-state index in [0.29, 0.717) is 17.0 Å². The van der Waals surface area contributed by atoms with Crippen LogP contribution in [0.3, 0.4) is 0 Å². The molecular formula is C21H17NO4. The van der Waals surface area contributed by atoms with Crippen LogP contribution in [0.25, 0.3) is 17.4 Å². The lowest BCUT2D eigenvalue weighted by Crippen LogP contribution is -2.11. The summed E-state index contributed by atoms with van der Waals surface area (Å²) in [4.78, 5) is 23.3. The third-order valence-corrected chi connectivity index (χ3v) is 3.91. The van der Waals surface area contributed by atoms with Gasteiger partial charge in [-0.05, 0) is 42.8 Å². The lowest BCUT2D eigenvalue weighted by atomic mass is 10.1. The molecule has 0 atom stereocenters. The van der Waals surface area contributed by atoms with Gasteiger partial charge in [0.2, 0.25) is 5.91 Å². The zero-order chi connectivity index (χ0) is 18.5. The molecule has 0 saturated carbocycles. The molecule has 0 saturated heterocycles. The Balaban J connectivity index is 1.70. The molecule has 5 nitrogen and oxygen atoms in total. The number of nitrogens with one attached hydrogen (secondary N) is 1. The predicted octanol–water partition coefficient (Wildman–Crippen LogP) is 4.61. The molecule has 0 aliphatic rings. The van der Waals surface area contributed by atoms with Crippen molar-refractivity contribution in [2.24, 2.45) is 0 Å². The normalized spacial score (nSPS) is 10.8. The number of carbonyl (C=O) groups excluding carboxylic acids is 1. The molecule has 2 N–H and O–H groups in total.